The average Bonchev–Trinajstić information content (AvgIpc) is 3.05. The molecule has 0 radical (unpaired) electrons. The maximum atomic E-state index is 3.83. The molecule has 2 nitrogen and oxygen atoms in total. The van der Waals surface area contributed by atoms with Crippen molar-refractivity contribution in [3.8, 4) is 0 Å². The van der Waals surface area contributed by atoms with Crippen LogP contribution in [0.2, 0.25) is 0 Å². The molecular formula is C18H32N2S. The minimum Gasteiger partial charge on any atom is -0.313 e. The number of hydrogen-bond acceptors (Lipinski definition) is 3. The highest BCUT2D eigenvalue weighted by atomic mass is 32.1. The third-order valence-corrected chi connectivity index (χ3v) is 6.27. The van der Waals surface area contributed by atoms with E-state index in [4.69, 9.17) is 0 Å². The summed E-state index contributed by atoms with van der Waals surface area (Å²) in [5.41, 5.74) is 0.437. The van der Waals surface area contributed by atoms with Crippen LogP contribution in [0.3, 0.4) is 0 Å². The molecule has 3 heteroatoms. The summed E-state index contributed by atoms with van der Waals surface area (Å²) in [6.45, 7) is 11.8. The first-order chi connectivity index (χ1) is 9.95. The van der Waals surface area contributed by atoms with Gasteiger partial charge in [0.2, 0.25) is 0 Å². The molecule has 1 fully saturated rings. The molecule has 1 aliphatic carbocycles. The van der Waals surface area contributed by atoms with Gasteiger partial charge in [-0.1, -0.05) is 26.8 Å². The first-order valence-corrected chi connectivity index (χ1v) is 9.30. The van der Waals surface area contributed by atoms with Gasteiger partial charge in [-0.2, -0.15) is 0 Å². The Hall–Kier alpha value is -0.380. The molecule has 0 bridgehead atoms. The van der Waals surface area contributed by atoms with E-state index in [1.165, 1.54) is 30.7 Å². The van der Waals surface area contributed by atoms with E-state index < -0.39 is 0 Å². The molecule has 1 aliphatic rings. The van der Waals surface area contributed by atoms with Crippen LogP contribution in [-0.2, 0) is 0 Å². The molecule has 21 heavy (non-hydrogen) atoms. The maximum Gasteiger partial charge on any atom is 0.0410 e. The van der Waals surface area contributed by atoms with Crippen molar-refractivity contribution in [2.75, 3.05) is 20.1 Å². The van der Waals surface area contributed by atoms with Gasteiger partial charge < -0.3 is 5.32 Å². The zero-order valence-corrected chi connectivity index (χ0v) is 15.2. The van der Waals surface area contributed by atoms with Crippen LogP contribution in [0.5, 0.6) is 0 Å². The summed E-state index contributed by atoms with van der Waals surface area (Å²) in [5, 5.41) is 6.01. The topological polar surface area (TPSA) is 15.3 Å². The summed E-state index contributed by atoms with van der Waals surface area (Å²) in [5.74, 6) is 0.777. The third-order valence-electron chi connectivity index (χ3n) is 5.23. The van der Waals surface area contributed by atoms with Gasteiger partial charge in [-0.3, -0.25) is 4.90 Å². The molecule has 0 aromatic carbocycles. The molecule has 120 valence electrons. The molecule has 2 rings (SSSR count). The third kappa shape index (κ3) is 4.08. The first kappa shape index (κ1) is 17.0. The average molecular weight is 309 g/mol. The van der Waals surface area contributed by atoms with E-state index in [-0.39, 0.29) is 0 Å². The fourth-order valence-corrected chi connectivity index (χ4v) is 4.58. The Kier molecular flexibility index (Phi) is 5.87. The van der Waals surface area contributed by atoms with Crippen molar-refractivity contribution in [2.45, 2.75) is 59.0 Å². The fourth-order valence-electron chi connectivity index (χ4n) is 3.73. The largest absolute Gasteiger partial charge is 0.313 e. The van der Waals surface area contributed by atoms with Gasteiger partial charge in [-0.15, -0.1) is 11.3 Å². The zero-order chi connectivity index (χ0) is 15.5. The number of nitrogens with zero attached hydrogens (tertiary/aromatic N) is 1. The monoisotopic (exact) mass is 308 g/mol. The van der Waals surface area contributed by atoms with Gasteiger partial charge in [-0.05, 0) is 62.6 Å². The molecule has 3 atom stereocenters. The Morgan fingerprint density at radius 1 is 1.48 bits per heavy atom. The summed E-state index contributed by atoms with van der Waals surface area (Å²) in [6, 6.07) is 5.61. The predicted molar refractivity (Wildman–Crippen MR) is 94.0 cm³/mol. The molecule has 1 saturated carbocycles. The Balaban J connectivity index is 1.97. The van der Waals surface area contributed by atoms with Gasteiger partial charge >= 0.3 is 0 Å². The van der Waals surface area contributed by atoms with Crippen molar-refractivity contribution >= 4 is 11.3 Å². The van der Waals surface area contributed by atoms with E-state index in [9.17, 15) is 0 Å². The Bertz CT molecular complexity index is 413. The molecule has 1 heterocycles. The molecule has 1 aromatic heterocycles. The molecule has 0 saturated heterocycles. The van der Waals surface area contributed by atoms with Crippen molar-refractivity contribution in [1.29, 1.82) is 0 Å². The molecule has 0 amide bonds. The van der Waals surface area contributed by atoms with Gasteiger partial charge in [0, 0.05) is 23.5 Å². The van der Waals surface area contributed by atoms with Crippen molar-refractivity contribution in [1.82, 2.24) is 10.2 Å². The van der Waals surface area contributed by atoms with E-state index in [2.05, 4.69) is 62.5 Å². The predicted octanol–water partition coefficient (Wildman–Crippen LogP) is 4.55. The second-order valence-electron chi connectivity index (χ2n) is 7.35. The quantitative estimate of drug-likeness (QED) is 0.795. The summed E-state index contributed by atoms with van der Waals surface area (Å²) >= 11 is 1.87. The molecule has 3 unspecified atom stereocenters. The lowest BCUT2D eigenvalue weighted by Gasteiger charge is -2.35. The second-order valence-corrected chi connectivity index (χ2v) is 8.33. The van der Waals surface area contributed by atoms with Crippen molar-refractivity contribution in [3.05, 3.63) is 22.4 Å². The minimum absolute atomic E-state index is 0.437. The van der Waals surface area contributed by atoms with Crippen LogP contribution >= 0.6 is 11.3 Å². The SMILES string of the molecule is CCCNC1C(CN(C)C(C)c2cccs2)CCC1(C)C. The number of hydrogen-bond donors (Lipinski definition) is 1. The maximum absolute atomic E-state index is 3.83. The van der Waals surface area contributed by atoms with Crippen LogP contribution in [0.15, 0.2) is 17.5 Å². The van der Waals surface area contributed by atoms with Crippen LogP contribution in [0.4, 0.5) is 0 Å². The smallest absolute Gasteiger partial charge is 0.0410 e. The van der Waals surface area contributed by atoms with Gasteiger partial charge in [0.15, 0.2) is 0 Å². The number of rotatable bonds is 7. The van der Waals surface area contributed by atoms with Crippen molar-refractivity contribution in [2.24, 2.45) is 11.3 Å². The number of nitrogens with one attached hydrogen (secondary N) is 1. The van der Waals surface area contributed by atoms with Crippen LogP contribution in [0.25, 0.3) is 0 Å². The summed E-state index contributed by atoms with van der Waals surface area (Å²) in [7, 11) is 2.28. The molecule has 0 aliphatic heterocycles. The van der Waals surface area contributed by atoms with Crippen LogP contribution in [-0.4, -0.2) is 31.1 Å². The highest BCUT2D eigenvalue weighted by molar-refractivity contribution is 7.10. The Morgan fingerprint density at radius 2 is 2.24 bits per heavy atom. The van der Waals surface area contributed by atoms with Crippen LogP contribution in [0, 0.1) is 11.3 Å². The summed E-state index contributed by atoms with van der Waals surface area (Å²) in [4.78, 5) is 4.02. The van der Waals surface area contributed by atoms with Gasteiger partial charge in [0.25, 0.3) is 0 Å². The lowest BCUT2D eigenvalue weighted by molar-refractivity contribution is 0.178. The Labute approximate surface area is 134 Å². The van der Waals surface area contributed by atoms with E-state index in [1.807, 2.05) is 11.3 Å². The standard InChI is InChI=1S/C18H32N2S/c1-6-11-19-17-15(9-10-18(17,3)4)13-20(5)14(2)16-8-7-12-21-16/h7-8,12,14-15,17,19H,6,9-11,13H2,1-5H3. The molecular weight excluding hydrogens is 276 g/mol. The normalized spacial score (nSPS) is 26.4. The molecule has 0 spiro atoms. The van der Waals surface area contributed by atoms with Crippen molar-refractivity contribution < 1.29 is 0 Å². The molecule has 1 aromatic rings. The van der Waals surface area contributed by atoms with E-state index in [0.717, 1.165) is 12.5 Å². The fraction of sp³-hybridized carbons (Fsp3) is 0.778. The minimum atomic E-state index is 0.437. The summed E-state index contributed by atoms with van der Waals surface area (Å²) in [6.07, 6.45) is 3.93. The van der Waals surface area contributed by atoms with E-state index in [1.54, 1.807) is 0 Å². The highest BCUT2D eigenvalue weighted by Gasteiger charge is 2.41. The van der Waals surface area contributed by atoms with Crippen LogP contribution in [0.1, 0.15) is 57.9 Å². The lowest BCUT2D eigenvalue weighted by Crippen LogP contribution is -2.45. The van der Waals surface area contributed by atoms with Gasteiger partial charge in [-0.25, -0.2) is 0 Å². The zero-order valence-electron chi connectivity index (χ0n) is 14.4. The first-order valence-electron chi connectivity index (χ1n) is 8.42. The number of thiophene rings is 1. The molecule has 1 N–H and O–H groups in total. The second kappa shape index (κ2) is 7.26. The Morgan fingerprint density at radius 3 is 2.86 bits per heavy atom. The van der Waals surface area contributed by atoms with Gasteiger partial charge in [0.1, 0.15) is 0 Å². The van der Waals surface area contributed by atoms with E-state index in [0.29, 0.717) is 17.5 Å². The highest BCUT2D eigenvalue weighted by Crippen LogP contribution is 2.42. The van der Waals surface area contributed by atoms with Gasteiger partial charge in [0.05, 0.1) is 0 Å². The van der Waals surface area contributed by atoms with Crippen molar-refractivity contribution in [3.63, 3.8) is 0 Å². The van der Waals surface area contributed by atoms with Crippen LogP contribution < -0.4 is 5.32 Å². The van der Waals surface area contributed by atoms with E-state index >= 15 is 0 Å². The lowest BCUT2D eigenvalue weighted by atomic mass is 9.84. The summed E-state index contributed by atoms with van der Waals surface area (Å²) < 4.78 is 0.